The lowest BCUT2D eigenvalue weighted by molar-refractivity contribution is -0.139. The number of hydrogen-bond donors (Lipinski definition) is 2. The minimum atomic E-state index is -3.97. The number of carbonyl (C=O) groups is 2. The maximum Gasteiger partial charge on any atom is 0.321 e. The van der Waals surface area contributed by atoms with E-state index in [0.717, 1.165) is 0 Å². The van der Waals surface area contributed by atoms with E-state index in [4.69, 9.17) is 5.11 Å². The summed E-state index contributed by atoms with van der Waals surface area (Å²) in [4.78, 5) is 22.1. The van der Waals surface area contributed by atoms with Crippen LogP contribution in [-0.4, -0.2) is 31.3 Å². The Kier molecular flexibility index (Phi) is 5.41. The molecule has 0 heterocycles. The maximum absolute atomic E-state index is 12.1. The van der Waals surface area contributed by atoms with Crippen LogP contribution >= 0.6 is 0 Å². The summed E-state index contributed by atoms with van der Waals surface area (Å²) >= 11 is 0. The first-order valence-corrected chi connectivity index (χ1v) is 7.62. The fourth-order valence-electron chi connectivity index (χ4n) is 1.66. The molecule has 0 aliphatic heterocycles. The van der Waals surface area contributed by atoms with Crippen LogP contribution in [0.4, 0.5) is 0 Å². The predicted octanol–water partition coefficient (Wildman–Crippen LogP) is 1.42. The van der Waals surface area contributed by atoms with Crippen molar-refractivity contribution in [2.24, 2.45) is 0 Å². The number of benzene rings is 1. The number of Topliss-reactive ketones (excluding diaryl/α,β-unsaturated/α-hetero) is 1. The summed E-state index contributed by atoms with van der Waals surface area (Å²) in [5.41, 5.74) is 0.259. The Morgan fingerprint density at radius 2 is 2.00 bits per heavy atom. The average molecular weight is 299 g/mol. The molecule has 20 heavy (non-hydrogen) atoms. The Morgan fingerprint density at radius 1 is 1.35 bits per heavy atom. The Hall–Kier alpha value is -1.73. The van der Waals surface area contributed by atoms with Crippen molar-refractivity contribution >= 4 is 21.8 Å². The monoisotopic (exact) mass is 299 g/mol. The van der Waals surface area contributed by atoms with Crippen molar-refractivity contribution in [3.05, 3.63) is 29.8 Å². The smallest absolute Gasteiger partial charge is 0.321 e. The number of ketones is 1. The number of hydrogen-bond acceptors (Lipinski definition) is 4. The lowest BCUT2D eigenvalue weighted by atomic mass is 10.2. The quantitative estimate of drug-likeness (QED) is 0.742. The third kappa shape index (κ3) is 4.14. The number of aliphatic carboxylic acids is 1. The van der Waals surface area contributed by atoms with Gasteiger partial charge >= 0.3 is 5.97 Å². The second-order valence-electron chi connectivity index (χ2n) is 4.38. The van der Waals surface area contributed by atoms with Crippen molar-refractivity contribution < 1.29 is 23.1 Å². The van der Waals surface area contributed by atoms with Gasteiger partial charge in [-0.1, -0.05) is 25.5 Å². The summed E-state index contributed by atoms with van der Waals surface area (Å²) in [5, 5.41) is 8.98. The van der Waals surface area contributed by atoms with E-state index in [9.17, 15) is 18.0 Å². The number of carboxylic acid groups (broad SMARTS) is 1. The Balaban J connectivity index is 3.07. The number of carboxylic acids is 1. The molecule has 0 bridgehead atoms. The van der Waals surface area contributed by atoms with E-state index in [-0.39, 0.29) is 22.7 Å². The van der Waals surface area contributed by atoms with Gasteiger partial charge in [-0.15, -0.1) is 0 Å². The molecule has 0 radical (unpaired) electrons. The highest BCUT2D eigenvalue weighted by molar-refractivity contribution is 7.89. The molecule has 0 saturated heterocycles. The Labute approximate surface area is 117 Å². The van der Waals surface area contributed by atoms with Crippen molar-refractivity contribution in [3.63, 3.8) is 0 Å². The van der Waals surface area contributed by atoms with Crippen molar-refractivity contribution in [1.82, 2.24) is 4.72 Å². The van der Waals surface area contributed by atoms with E-state index in [1.807, 2.05) is 0 Å². The fraction of sp³-hybridized carbons (Fsp3) is 0.385. The van der Waals surface area contributed by atoms with Crippen LogP contribution in [0.3, 0.4) is 0 Å². The first-order valence-electron chi connectivity index (χ1n) is 6.14. The molecular weight excluding hydrogens is 282 g/mol. The minimum Gasteiger partial charge on any atom is -0.480 e. The Bertz CT molecular complexity index is 609. The number of nitrogens with one attached hydrogen (secondary N) is 1. The second kappa shape index (κ2) is 6.62. The first kappa shape index (κ1) is 16.3. The van der Waals surface area contributed by atoms with Crippen molar-refractivity contribution in [1.29, 1.82) is 0 Å². The van der Waals surface area contributed by atoms with E-state index in [2.05, 4.69) is 4.72 Å². The molecule has 0 amide bonds. The molecule has 1 rings (SSSR count). The first-order chi connectivity index (χ1) is 9.27. The highest BCUT2D eigenvalue weighted by Crippen LogP contribution is 2.13. The van der Waals surface area contributed by atoms with Crippen molar-refractivity contribution in [3.8, 4) is 0 Å². The van der Waals surface area contributed by atoms with Gasteiger partial charge in [0, 0.05) is 5.56 Å². The van der Waals surface area contributed by atoms with Crippen LogP contribution in [0.15, 0.2) is 29.2 Å². The van der Waals surface area contributed by atoms with Gasteiger partial charge in [0.05, 0.1) is 4.90 Å². The molecule has 110 valence electrons. The molecule has 0 aliphatic carbocycles. The third-order valence-electron chi connectivity index (χ3n) is 2.72. The second-order valence-corrected chi connectivity index (χ2v) is 6.10. The molecule has 0 spiro atoms. The van der Waals surface area contributed by atoms with Crippen LogP contribution in [0.25, 0.3) is 0 Å². The molecule has 2 N–H and O–H groups in total. The van der Waals surface area contributed by atoms with E-state index in [1.54, 1.807) is 6.92 Å². The summed E-state index contributed by atoms with van der Waals surface area (Å²) < 4.78 is 26.4. The molecule has 0 aliphatic rings. The zero-order chi connectivity index (χ0) is 15.3. The zero-order valence-corrected chi connectivity index (χ0v) is 12.1. The normalized spacial score (nSPS) is 12.9. The van der Waals surface area contributed by atoms with E-state index < -0.39 is 22.0 Å². The molecule has 0 saturated carbocycles. The lowest BCUT2D eigenvalue weighted by Gasteiger charge is -2.14. The average Bonchev–Trinajstić information content (AvgIpc) is 2.38. The molecule has 1 atom stereocenters. The Morgan fingerprint density at radius 3 is 2.50 bits per heavy atom. The lowest BCUT2D eigenvalue weighted by Crippen LogP contribution is -2.40. The zero-order valence-electron chi connectivity index (χ0n) is 11.3. The van der Waals surface area contributed by atoms with Crippen LogP contribution in [0.2, 0.25) is 0 Å². The van der Waals surface area contributed by atoms with Crippen LogP contribution in [-0.2, 0) is 14.8 Å². The van der Waals surface area contributed by atoms with Gasteiger partial charge < -0.3 is 5.11 Å². The van der Waals surface area contributed by atoms with Gasteiger partial charge in [0.25, 0.3) is 0 Å². The summed E-state index contributed by atoms with van der Waals surface area (Å²) in [5.74, 6) is -1.48. The summed E-state index contributed by atoms with van der Waals surface area (Å²) in [6.45, 7) is 3.09. The SMILES string of the molecule is CCCC(NS(=O)(=O)c1cccc(C(C)=O)c1)C(=O)O. The van der Waals surface area contributed by atoms with Crippen LogP contribution < -0.4 is 4.72 Å². The predicted molar refractivity (Wildman–Crippen MR) is 73.1 cm³/mol. The number of sulfonamides is 1. The van der Waals surface area contributed by atoms with Gasteiger partial charge in [-0.25, -0.2) is 8.42 Å². The van der Waals surface area contributed by atoms with Gasteiger partial charge in [0.15, 0.2) is 5.78 Å². The maximum atomic E-state index is 12.1. The summed E-state index contributed by atoms with van der Waals surface area (Å²) in [6.07, 6.45) is 0.730. The number of rotatable bonds is 7. The minimum absolute atomic E-state index is 0.118. The van der Waals surface area contributed by atoms with Crippen molar-refractivity contribution in [2.45, 2.75) is 37.6 Å². The van der Waals surface area contributed by atoms with Gasteiger partial charge in [-0.3, -0.25) is 9.59 Å². The van der Waals surface area contributed by atoms with Gasteiger partial charge in [-0.2, -0.15) is 4.72 Å². The summed E-state index contributed by atoms with van der Waals surface area (Å²) in [6, 6.07) is 4.32. The molecule has 1 aromatic carbocycles. The molecule has 6 nitrogen and oxygen atoms in total. The van der Waals surface area contributed by atoms with E-state index in [0.29, 0.717) is 6.42 Å². The largest absolute Gasteiger partial charge is 0.480 e. The molecule has 1 aromatic rings. The summed E-state index contributed by atoms with van der Waals surface area (Å²) in [7, 11) is -3.97. The fourth-order valence-corrected chi connectivity index (χ4v) is 2.93. The molecular formula is C13H17NO5S. The van der Waals surface area contributed by atoms with Gasteiger partial charge in [0.1, 0.15) is 6.04 Å². The highest BCUT2D eigenvalue weighted by Gasteiger charge is 2.24. The number of carbonyl (C=O) groups excluding carboxylic acids is 1. The van der Waals surface area contributed by atoms with E-state index >= 15 is 0 Å². The standard InChI is InChI=1S/C13H17NO5S/c1-3-5-12(13(16)17)14-20(18,19)11-7-4-6-10(8-11)9(2)15/h4,6-8,12,14H,3,5H2,1-2H3,(H,16,17). The van der Waals surface area contributed by atoms with Crippen LogP contribution in [0.5, 0.6) is 0 Å². The van der Waals surface area contributed by atoms with E-state index in [1.165, 1.54) is 31.2 Å². The van der Waals surface area contributed by atoms with Crippen LogP contribution in [0.1, 0.15) is 37.0 Å². The van der Waals surface area contributed by atoms with Crippen molar-refractivity contribution in [2.75, 3.05) is 0 Å². The molecule has 0 fully saturated rings. The van der Waals surface area contributed by atoms with Gasteiger partial charge in [0.2, 0.25) is 10.0 Å². The van der Waals surface area contributed by atoms with Gasteiger partial charge in [-0.05, 0) is 25.5 Å². The molecule has 7 heteroatoms. The van der Waals surface area contributed by atoms with Crippen LogP contribution in [0, 0.1) is 0 Å². The molecule has 0 aromatic heterocycles. The molecule has 1 unspecified atom stereocenters. The topological polar surface area (TPSA) is 101 Å². The highest BCUT2D eigenvalue weighted by atomic mass is 32.2. The third-order valence-corrected chi connectivity index (χ3v) is 4.19.